The van der Waals surface area contributed by atoms with Gasteiger partial charge in [0.05, 0.1) is 30.2 Å². The van der Waals surface area contributed by atoms with Crippen LogP contribution in [0.2, 0.25) is 0 Å². The third kappa shape index (κ3) is 3.43. The number of aryl methyl sites for hydroxylation is 1. The molecule has 0 bridgehead atoms. The minimum Gasteiger partial charge on any atom is -0.378 e. The van der Waals surface area contributed by atoms with Crippen LogP contribution in [0.5, 0.6) is 0 Å². The number of rotatable bonds is 3. The molecule has 0 radical (unpaired) electrons. The van der Waals surface area contributed by atoms with Crippen LogP contribution in [0.15, 0.2) is 47.4 Å². The minimum atomic E-state index is -0.235. The molecule has 120 valence electrons. The monoisotopic (exact) mass is 313 g/mol. The molecule has 6 nitrogen and oxygen atoms in total. The molecule has 1 aliphatic rings. The summed E-state index contributed by atoms with van der Waals surface area (Å²) in [7, 11) is 1.63. The highest BCUT2D eigenvalue weighted by Crippen LogP contribution is 2.26. The van der Waals surface area contributed by atoms with Crippen molar-refractivity contribution in [1.82, 2.24) is 4.57 Å². The zero-order valence-corrected chi connectivity index (χ0v) is 13.0. The average Bonchev–Trinajstić information content (AvgIpc) is 2.58. The lowest BCUT2D eigenvalue weighted by molar-refractivity contribution is 0.102. The first-order valence-corrected chi connectivity index (χ1v) is 7.55. The Balaban J connectivity index is 1.83. The average molecular weight is 313 g/mol. The number of carbonyl (C=O) groups excluding carboxylic acids is 1. The number of pyridine rings is 1. The topological polar surface area (TPSA) is 63.6 Å². The Labute approximate surface area is 134 Å². The number of aromatic nitrogens is 1. The van der Waals surface area contributed by atoms with Crippen molar-refractivity contribution in [3.63, 3.8) is 0 Å². The van der Waals surface area contributed by atoms with Gasteiger partial charge in [-0.3, -0.25) is 9.59 Å². The maximum atomic E-state index is 12.4. The van der Waals surface area contributed by atoms with Gasteiger partial charge in [-0.05, 0) is 18.2 Å². The highest BCUT2D eigenvalue weighted by Gasteiger charge is 2.16. The van der Waals surface area contributed by atoms with Crippen LogP contribution in [0, 0.1) is 0 Å². The molecule has 0 saturated carbocycles. The third-order valence-corrected chi connectivity index (χ3v) is 3.85. The summed E-state index contributed by atoms with van der Waals surface area (Å²) < 4.78 is 6.77. The van der Waals surface area contributed by atoms with Crippen molar-refractivity contribution in [2.75, 3.05) is 36.5 Å². The lowest BCUT2D eigenvalue weighted by Gasteiger charge is -2.30. The Kier molecular flexibility index (Phi) is 4.43. The van der Waals surface area contributed by atoms with Crippen LogP contribution >= 0.6 is 0 Å². The van der Waals surface area contributed by atoms with Crippen molar-refractivity contribution < 1.29 is 9.53 Å². The van der Waals surface area contributed by atoms with Crippen molar-refractivity contribution in [3.8, 4) is 0 Å². The van der Waals surface area contributed by atoms with Gasteiger partial charge in [0.15, 0.2) is 0 Å². The van der Waals surface area contributed by atoms with Crippen molar-refractivity contribution in [3.05, 3.63) is 58.5 Å². The van der Waals surface area contributed by atoms with Crippen molar-refractivity contribution in [2.45, 2.75) is 0 Å². The van der Waals surface area contributed by atoms with E-state index in [0.717, 1.165) is 24.5 Å². The molecule has 1 amide bonds. The number of hydrogen-bond donors (Lipinski definition) is 1. The number of amides is 1. The number of anilines is 2. The molecule has 0 atom stereocenters. The van der Waals surface area contributed by atoms with Gasteiger partial charge in [0.2, 0.25) is 5.56 Å². The van der Waals surface area contributed by atoms with E-state index in [0.29, 0.717) is 18.8 Å². The number of para-hydroxylation sites is 2. The Morgan fingerprint density at radius 3 is 2.61 bits per heavy atom. The second-order valence-corrected chi connectivity index (χ2v) is 5.44. The molecule has 0 unspecified atom stereocenters. The van der Waals surface area contributed by atoms with Crippen LogP contribution < -0.4 is 15.8 Å². The number of hydrogen-bond acceptors (Lipinski definition) is 4. The Morgan fingerprint density at radius 1 is 1.13 bits per heavy atom. The maximum absolute atomic E-state index is 12.4. The first-order valence-electron chi connectivity index (χ1n) is 7.55. The van der Waals surface area contributed by atoms with E-state index in [1.807, 2.05) is 24.3 Å². The molecular formula is C17H19N3O3. The normalized spacial score (nSPS) is 14.6. The summed E-state index contributed by atoms with van der Waals surface area (Å²) >= 11 is 0. The summed E-state index contributed by atoms with van der Waals surface area (Å²) in [6.45, 7) is 2.96. The van der Waals surface area contributed by atoms with Crippen LogP contribution in [0.4, 0.5) is 11.4 Å². The SMILES string of the molecule is Cn1cc(C(=O)Nc2ccccc2N2CCOCC2)ccc1=O. The van der Waals surface area contributed by atoms with E-state index in [1.54, 1.807) is 7.05 Å². The van der Waals surface area contributed by atoms with Crippen molar-refractivity contribution >= 4 is 17.3 Å². The predicted molar refractivity (Wildman–Crippen MR) is 89.1 cm³/mol. The maximum Gasteiger partial charge on any atom is 0.257 e. The van der Waals surface area contributed by atoms with Crippen LogP contribution in [0.25, 0.3) is 0 Å². The van der Waals surface area contributed by atoms with E-state index in [9.17, 15) is 9.59 Å². The number of ether oxygens (including phenoxy) is 1. The fourth-order valence-electron chi connectivity index (χ4n) is 2.58. The Bertz CT molecular complexity index is 764. The van der Waals surface area contributed by atoms with E-state index in [4.69, 9.17) is 4.74 Å². The largest absolute Gasteiger partial charge is 0.378 e. The van der Waals surface area contributed by atoms with Gasteiger partial charge in [0.1, 0.15) is 0 Å². The first-order chi connectivity index (χ1) is 11.1. The lowest BCUT2D eigenvalue weighted by Crippen LogP contribution is -2.36. The van der Waals surface area contributed by atoms with Crippen LogP contribution in [0.1, 0.15) is 10.4 Å². The molecule has 1 aromatic heterocycles. The van der Waals surface area contributed by atoms with E-state index < -0.39 is 0 Å². The van der Waals surface area contributed by atoms with E-state index in [1.165, 1.54) is 22.9 Å². The molecule has 1 N–H and O–H groups in total. The number of morpholine rings is 1. The van der Waals surface area contributed by atoms with Gasteiger partial charge < -0.3 is 19.5 Å². The number of carbonyl (C=O) groups is 1. The van der Waals surface area contributed by atoms with E-state index in [-0.39, 0.29) is 11.5 Å². The molecule has 1 aliphatic heterocycles. The van der Waals surface area contributed by atoms with Crippen molar-refractivity contribution in [2.24, 2.45) is 7.05 Å². The van der Waals surface area contributed by atoms with Crippen LogP contribution in [-0.4, -0.2) is 36.8 Å². The highest BCUT2D eigenvalue weighted by atomic mass is 16.5. The molecule has 6 heteroatoms. The van der Waals surface area contributed by atoms with Gasteiger partial charge in [0, 0.05) is 32.4 Å². The van der Waals surface area contributed by atoms with Gasteiger partial charge in [0.25, 0.3) is 5.91 Å². The van der Waals surface area contributed by atoms with E-state index in [2.05, 4.69) is 10.2 Å². The quantitative estimate of drug-likeness (QED) is 0.932. The highest BCUT2D eigenvalue weighted by molar-refractivity contribution is 6.05. The second-order valence-electron chi connectivity index (χ2n) is 5.44. The molecule has 1 saturated heterocycles. The first kappa shape index (κ1) is 15.3. The molecule has 23 heavy (non-hydrogen) atoms. The van der Waals surface area contributed by atoms with E-state index >= 15 is 0 Å². The van der Waals surface area contributed by atoms with Gasteiger partial charge in [-0.1, -0.05) is 12.1 Å². The predicted octanol–water partition coefficient (Wildman–Crippen LogP) is 1.47. The second kappa shape index (κ2) is 6.66. The fourth-order valence-corrected chi connectivity index (χ4v) is 2.58. The van der Waals surface area contributed by atoms with Crippen LogP contribution in [-0.2, 0) is 11.8 Å². The summed E-state index contributed by atoms with van der Waals surface area (Å²) in [5.41, 5.74) is 2.04. The number of nitrogens with one attached hydrogen (secondary N) is 1. The molecule has 0 aliphatic carbocycles. The van der Waals surface area contributed by atoms with Crippen LogP contribution in [0.3, 0.4) is 0 Å². The third-order valence-electron chi connectivity index (χ3n) is 3.85. The number of benzene rings is 1. The van der Waals surface area contributed by atoms with Gasteiger partial charge in [-0.2, -0.15) is 0 Å². The van der Waals surface area contributed by atoms with Crippen molar-refractivity contribution in [1.29, 1.82) is 0 Å². The zero-order chi connectivity index (χ0) is 16.2. The summed E-state index contributed by atoms with van der Waals surface area (Å²) in [5, 5.41) is 2.93. The fraction of sp³-hybridized carbons (Fsp3) is 0.294. The zero-order valence-electron chi connectivity index (χ0n) is 13.0. The summed E-state index contributed by atoms with van der Waals surface area (Å²) in [4.78, 5) is 26.1. The van der Waals surface area contributed by atoms with Gasteiger partial charge in [-0.15, -0.1) is 0 Å². The van der Waals surface area contributed by atoms with Gasteiger partial charge in [-0.25, -0.2) is 0 Å². The lowest BCUT2D eigenvalue weighted by atomic mass is 10.2. The minimum absolute atomic E-state index is 0.143. The standard InChI is InChI=1S/C17H19N3O3/c1-19-12-13(6-7-16(19)21)17(22)18-14-4-2-3-5-15(14)20-8-10-23-11-9-20/h2-7,12H,8-11H2,1H3,(H,18,22). The molecule has 2 aromatic rings. The Hall–Kier alpha value is -2.60. The molecular weight excluding hydrogens is 294 g/mol. The van der Waals surface area contributed by atoms with Gasteiger partial charge >= 0.3 is 0 Å². The molecule has 0 spiro atoms. The summed E-state index contributed by atoms with van der Waals surface area (Å²) in [6.07, 6.45) is 1.54. The molecule has 1 fully saturated rings. The molecule has 2 heterocycles. The smallest absolute Gasteiger partial charge is 0.257 e. The summed E-state index contributed by atoms with van der Waals surface area (Å²) in [5.74, 6) is -0.235. The number of nitrogens with zero attached hydrogens (tertiary/aromatic N) is 2. The Morgan fingerprint density at radius 2 is 1.87 bits per heavy atom. The molecule has 3 rings (SSSR count). The molecule has 1 aromatic carbocycles. The summed E-state index contributed by atoms with van der Waals surface area (Å²) in [6, 6.07) is 10.6.